The SMILES string of the molecule is CC(C)CC(C)(CN)NS(=O)(=O)CCCC(F)(F)F. The molecule has 0 spiro atoms. The molecule has 0 aliphatic carbocycles. The van der Waals surface area contributed by atoms with Gasteiger partial charge in [0, 0.05) is 18.5 Å². The van der Waals surface area contributed by atoms with Crippen molar-refractivity contribution in [1.29, 1.82) is 0 Å². The number of nitrogens with one attached hydrogen (secondary N) is 1. The van der Waals surface area contributed by atoms with Crippen molar-refractivity contribution in [3.8, 4) is 0 Å². The Labute approximate surface area is 113 Å². The largest absolute Gasteiger partial charge is 0.389 e. The van der Waals surface area contributed by atoms with Crippen molar-refractivity contribution in [1.82, 2.24) is 4.72 Å². The highest BCUT2D eigenvalue weighted by molar-refractivity contribution is 7.89. The molecule has 0 amide bonds. The number of hydrogen-bond acceptors (Lipinski definition) is 3. The summed E-state index contributed by atoms with van der Waals surface area (Å²) in [5.74, 6) is -0.313. The van der Waals surface area contributed by atoms with Gasteiger partial charge in [0.05, 0.1) is 5.75 Å². The van der Waals surface area contributed by atoms with Crippen LogP contribution in [-0.2, 0) is 10.0 Å². The first-order chi connectivity index (χ1) is 8.39. The van der Waals surface area contributed by atoms with Crippen LogP contribution in [-0.4, -0.2) is 32.4 Å². The first-order valence-electron chi connectivity index (χ1n) is 6.17. The molecular formula is C11H23F3N2O2S. The molecule has 1 unspecified atom stereocenters. The Hall–Kier alpha value is -0.340. The molecule has 4 nitrogen and oxygen atoms in total. The molecule has 0 aromatic rings. The lowest BCUT2D eigenvalue weighted by Crippen LogP contribution is -2.52. The van der Waals surface area contributed by atoms with E-state index in [4.69, 9.17) is 5.73 Å². The van der Waals surface area contributed by atoms with Gasteiger partial charge in [-0.2, -0.15) is 13.2 Å². The van der Waals surface area contributed by atoms with Crippen LogP contribution in [0.1, 0.15) is 40.0 Å². The molecule has 0 aliphatic rings. The number of hydrogen-bond donors (Lipinski definition) is 2. The quantitative estimate of drug-likeness (QED) is 0.720. The van der Waals surface area contributed by atoms with Crippen molar-refractivity contribution < 1.29 is 21.6 Å². The van der Waals surface area contributed by atoms with Gasteiger partial charge in [0.1, 0.15) is 0 Å². The first kappa shape index (κ1) is 18.7. The Morgan fingerprint density at radius 1 is 1.26 bits per heavy atom. The molecule has 0 aliphatic heterocycles. The van der Waals surface area contributed by atoms with Crippen molar-refractivity contribution in [3.05, 3.63) is 0 Å². The smallest absolute Gasteiger partial charge is 0.329 e. The Morgan fingerprint density at radius 2 is 1.79 bits per heavy atom. The van der Waals surface area contributed by atoms with Gasteiger partial charge < -0.3 is 5.73 Å². The van der Waals surface area contributed by atoms with Gasteiger partial charge >= 0.3 is 6.18 Å². The predicted octanol–water partition coefficient (Wildman–Crippen LogP) is 2.01. The van der Waals surface area contributed by atoms with E-state index in [9.17, 15) is 21.6 Å². The molecule has 0 bridgehead atoms. The van der Waals surface area contributed by atoms with Crippen LogP contribution in [0, 0.1) is 5.92 Å². The van der Waals surface area contributed by atoms with Crippen molar-refractivity contribution in [2.75, 3.05) is 12.3 Å². The highest BCUT2D eigenvalue weighted by Gasteiger charge is 2.31. The standard InChI is InChI=1S/C11H23F3N2O2S/c1-9(2)7-10(3,8-15)16-19(17,18)6-4-5-11(12,13)14/h9,16H,4-8,15H2,1-3H3. The molecule has 0 rings (SSSR count). The molecule has 8 heteroatoms. The van der Waals surface area contributed by atoms with Gasteiger partial charge in [0.2, 0.25) is 10.0 Å². The number of halogens is 3. The minimum atomic E-state index is -4.33. The van der Waals surface area contributed by atoms with Crippen molar-refractivity contribution in [2.24, 2.45) is 11.7 Å². The fourth-order valence-electron chi connectivity index (χ4n) is 1.96. The summed E-state index contributed by atoms with van der Waals surface area (Å²) >= 11 is 0. The summed E-state index contributed by atoms with van der Waals surface area (Å²) in [6.07, 6.45) is -5.34. The van der Waals surface area contributed by atoms with Crippen molar-refractivity contribution in [3.63, 3.8) is 0 Å². The Balaban J connectivity index is 4.49. The zero-order valence-corrected chi connectivity index (χ0v) is 12.4. The zero-order chi connectivity index (χ0) is 15.3. The second kappa shape index (κ2) is 6.90. The maximum absolute atomic E-state index is 12.0. The van der Waals surface area contributed by atoms with Gasteiger partial charge in [-0.25, -0.2) is 13.1 Å². The van der Waals surface area contributed by atoms with Gasteiger partial charge in [-0.3, -0.25) is 0 Å². The topological polar surface area (TPSA) is 72.2 Å². The van der Waals surface area contributed by atoms with Crippen LogP contribution in [0.25, 0.3) is 0 Å². The van der Waals surface area contributed by atoms with E-state index in [1.165, 1.54) is 0 Å². The summed E-state index contributed by atoms with van der Waals surface area (Å²) in [5, 5.41) is 0. The number of sulfonamides is 1. The summed E-state index contributed by atoms with van der Waals surface area (Å²) < 4.78 is 61.8. The molecular weight excluding hydrogens is 281 g/mol. The van der Waals surface area contributed by atoms with Gasteiger partial charge in [0.25, 0.3) is 0 Å². The van der Waals surface area contributed by atoms with E-state index in [0.29, 0.717) is 6.42 Å². The molecule has 3 N–H and O–H groups in total. The summed E-state index contributed by atoms with van der Waals surface area (Å²) in [5.41, 5.74) is 4.74. The number of rotatable bonds is 8. The molecule has 0 heterocycles. The van der Waals surface area contributed by atoms with E-state index < -0.39 is 40.3 Å². The van der Waals surface area contributed by atoms with Gasteiger partial charge in [-0.15, -0.1) is 0 Å². The second-order valence-electron chi connectivity index (χ2n) is 5.50. The van der Waals surface area contributed by atoms with E-state index >= 15 is 0 Å². The third kappa shape index (κ3) is 9.23. The van der Waals surface area contributed by atoms with Crippen LogP contribution >= 0.6 is 0 Å². The van der Waals surface area contributed by atoms with E-state index in [1.54, 1.807) is 6.92 Å². The van der Waals surface area contributed by atoms with Crippen LogP contribution < -0.4 is 10.5 Å². The fraction of sp³-hybridized carbons (Fsp3) is 1.00. The predicted molar refractivity (Wildman–Crippen MR) is 69.1 cm³/mol. The molecule has 0 aromatic carbocycles. The average Bonchev–Trinajstić information content (AvgIpc) is 2.12. The summed E-state index contributed by atoms with van der Waals surface area (Å²) in [7, 11) is -3.75. The number of alkyl halides is 3. The third-order valence-electron chi connectivity index (χ3n) is 2.58. The Bertz CT molecular complexity index is 369. The van der Waals surface area contributed by atoms with Gasteiger partial charge in [-0.05, 0) is 25.7 Å². The zero-order valence-electron chi connectivity index (χ0n) is 11.5. The monoisotopic (exact) mass is 304 g/mol. The first-order valence-corrected chi connectivity index (χ1v) is 7.83. The second-order valence-corrected chi connectivity index (χ2v) is 7.34. The van der Waals surface area contributed by atoms with Crippen LogP contribution in [0.3, 0.4) is 0 Å². The molecule has 0 saturated carbocycles. The summed E-state index contributed by atoms with van der Waals surface area (Å²) in [4.78, 5) is 0. The number of nitrogens with two attached hydrogens (primary N) is 1. The molecule has 116 valence electrons. The van der Waals surface area contributed by atoms with Gasteiger partial charge in [0.15, 0.2) is 0 Å². The average molecular weight is 304 g/mol. The van der Waals surface area contributed by atoms with E-state index in [2.05, 4.69) is 4.72 Å². The normalized spacial score (nSPS) is 16.6. The molecule has 19 heavy (non-hydrogen) atoms. The minimum absolute atomic E-state index is 0.101. The lowest BCUT2D eigenvalue weighted by atomic mass is 9.92. The molecule has 0 radical (unpaired) electrons. The highest BCUT2D eigenvalue weighted by atomic mass is 32.2. The van der Waals surface area contributed by atoms with E-state index in [-0.39, 0.29) is 12.5 Å². The van der Waals surface area contributed by atoms with Crippen LogP contribution in [0.5, 0.6) is 0 Å². The Kier molecular flexibility index (Phi) is 6.77. The lowest BCUT2D eigenvalue weighted by Gasteiger charge is -2.30. The maximum Gasteiger partial charge on any atom is 0.389 e. The van der Waals surface area contributed by atoms with Crippen LogP contribution in [0.15, 0.2) is 0 Å². The minimum Gasteiger partial charge on any atom is -0.329 e. The summed E-state index contributed by atoms with van der Waals surface area (Å²) in [6, 6.07) is 0. The molecule has 1 atom stereocenters. The van der Waals surface area contributed by atoms with Crippen LogP contribution in [0.2, 0.25) is 0 Å². The Morgan fingerprint density at radius 3 is 2.16 bits per heavy atom. The molecule has 0 aromatic heterocycles. The van der Waals surface area contributed by atoms with Crippen molar-refractivity contribution >= 4 is 10.0 Å². The molecule has 0 fully saturated rings. The van der Waals surface area contributed by atoms with Crippen LogP contribution in [0.4, 0.5) is 13.2 Å². The highest BCUT2D eigenvalue weighted by Crippen LogP contribution is 2.22. The van der Waals surface area contributed by atoms with Crippen molar-refractivity contribution in [2.45, 2.75) is 51.7 Å². The third-order valence-corrected chi connectivity index (χ3v) is 4.21. The maximum atomic E-state index is 12.0. The summed E-state index contributed by atoms with van der Waals surface area (Å²) in [6.45, 7) is 5.61. The fourth-order valence-corrected chi connectivity index (χ4v) is 3.50. The van der Waals surface area contributed by atoms with E-state index in [0.717, 1.165) is 0 Å². The van der Waals surface area contributed by atoms with E-state index in [1.807, 2.05) is 13.8 Å². The van der Waals surface area contributed by atoms with Gasteiger partial charge in [-0.1, -0.05) is 13.8 Å². The lowest BCUT2D eigenvalue weighted by molar-refractivity contribution is -0.134. The molecule has 0 saturated heterocycles.